The monoisotopic (exact) mass is 338 g/mol. The van der Waals surface area contributed by atoms with Gasteiger partial charge in [-0.3, -0.25) is 9.48 Å². The number of amides is 1. The predicted molar refractivity (Wildman–Crippen MR) is 80.6 cm³/mol. The maximum Gasteiger partial charge on any atom is 0.257 e. The maximum atomic E-state index is 12.1. The van der Waals surface area contributed by atoms with Crippen LogP contribution in [0.4, 0.5) is 11.4 Å². The van der Waals surface area contributed by atoms with Crippen LogP contribution in [-0.2, 0) is 11.3 Å². The molecule has 7 heteroatoms. The molecule has 0 aliphatic rings. The number of methoxy groups -OCH3 is 1. The number of nitrogens with zero attached hydrogens (tertiary/aromatic N) is 2. The van der Waals surface area contributed by atoms with E-state index in [4.69, 9.17) is 10.5 Å². The number of nitrogen functional groups attached to an aromatic ring is 1. The largest absolute Gasteiger partial charge is 0.398 e. The van der Waals surface area contributed by atoms with Gasteiger partial charge in [-0.15, -0.1) is 0 Å². The van der Waals surface area contributed by atoms with E-state index in [2.05, 4.69) is 26.3 Å². The zero-order valence-corrected chi connectivity index (χ0v) is 12.6. The molecule has 3 N–H and O–H groups in total. The van der Waals surface area contributed by atoms with Crippen LogP contribution in [0.5, 0.6) is 0 Å². The van der Waals surface area contributed by atoms with Crippen molar-refractivity contribution in [2.75, 3.05) is 24.8 Å². The molecule has 2 aromatic rings. The van der Waals surface area contributed by atoms with Gasteiger partial charge < -0.3 is 15.8 Å². The third-order valence-corrected chi connectivity index (χ3v) is 3.17. The van der Waals surface area contributed by atoms with Crippen molar-refractivity contribution in [3.05, 3.63) is 40.6 Å². The van der Waals surface area contributed by atoms with Gasteiger partial charge in [0, 0.05) is 23.5 Å². The number of halogens is 1. The lowest BCUT2D eigenvalue weighted by molar-refractivity contribution is 0.102. The molecule has 0 saturated carbocycles. The Morgan fingerprint density at radius 2 is 2.35 bits per heavy atom. The number of anilines is 2. The molecule has 20 heavy (non-hydrogen) atoms. The number of carbonyl (C=O) groups is 1. The molecular weight excluding hydrogens is 324 g/mol. The SMILES string of the molecule is COCCn1cc(NC(=O)c2cc(Br)ccc2N)cn1. The third kappa shape index (κ3) is 3.58. The third-order valence-electron chi connectivity index (χ3n) is 2.68. The highest BCUT2D eigenvalue weighted by Gasteiger charge is 2.11. The summed E-state index contributed by atoms with van der Waals surface area (Å²) in [5, 5.41) is 6.88. The van der Waals surface area contributed by atoms with Crippen LogP contribution < -0.4 is 11.1 Å². The smallest absolute Gasteiger partial charge is 0.257 e. The summed E-state index contributed by atoms with van der Waals surface area (Å²) >= 11 is 3.32. The number of hydrogen-bond acceptors (Lipinski definition) is 4. The van der Waals surface area contributed by atoms with Crippen LogP contribution in [0.1, 0.15) is 10.4 Å². The number of nitrogens with two attached hydrogens (primary N) is 1. The van der Waals surface area contributed by atoms with Crippen molar-refractivity contribution in [1.82, 2.24) is 9.78 Å². The number of benzene rings is 1. The van der Waals surface area contributed by atoms with E-state index in [0.29, 0.717) is 30.1 Å². The summed E-state index contributed by atoms with van der Waals surface area (Å²) in [7, 11) is 1.63. The first-order valence-corrected chi connectivity index (χ1v) is 6.77. The molecule has 0 bridgehead atoms. The fraction of sp³-hybridized carbons (Fsp3) is 0.231. The van der Waals surface area contributed by atoms with Crippen LogP contribution in [0.15, 0.2) is 35.1 Å². The average Bonchev–Trinajstić information content (AvgIpc) is 2.86. The van der Waals surface area contributed by atoms with Crippen LogP contribution >= 0.6 is 15.9 Å². The lowest BCUT2D eigenvalue weighted by Crippen LogP contribution is -2.13. The molecule has 0 unspecified atom stereocenters. The summed E-state index contributed by atoms with van der Waals surface area (Å²) in [6, 6.07) is 5.15. The number of nitrogens with one attached hydrogen (secondary N) is 1. The average molecular weight is 339 g/mol. The van der Waals surface area contributed by atoms with Crippen molar-refractivity contribution in [2.45, 2.75) is 6.54 Å². The standard InChI is InChI=1S/C13H15BrN4O2/c1-20-5-4-18-8-10(7-16-18)17-13(19)11-6-9(14)2-3-12(11)15/h2-3,6-8H,4-5,15H2,1H3,(H,17,19). The Balaban J connectivity index is 2.07. The minimum atomic E-state index is -0.268. The number of aromatic nitrogens is 2. The lowest BCUT2D eigenvalue weighted by Gasteiger charge is -2.06. The zero-order chi connectivity index (χ0) is 14.5. The molecule has 6 nitrogen and oxygen atoms in total. The molecule has 1 aromatic carbocycles. The first kappa shape index (κ1) is 14.5. The Labute approximate surface area is 125 Å². The summed E-state index contributed by atoms with van der Waals surface area (Å²) in [6.45, 7) is 1.19. The van der Waals surface area contributed by atoms with E-state index >= 15 is 0 Å². The Bertz CT molecular complexity index is 612. The molecule has 1 aromatic heterocycles. The van der Waals surface area contributed by atoms with Gasteiger partial charge in [-0.2, -0.15) is 5.10 Å². The van der Waals surface area contributed by atoms with Crippen molar-refractivity contribution < 1.29 is 9.53 Å². The summed E-state index contributed by atoms with van der Waals surface area (Å²) in [4.78, 5) is 12.1. The zero-order valence-electron chi connectivity index (χ0n) is 11.0. The van der Waals surface area contributed by atoms with Crippen LogP contribution in [0.25, 0.3) is 0 Å². The van der Waals surface area contributed by atoms with Gasteiger partial charge >= 0.3 is 0 Å². The first-order valence-electron chi connectivity index (χ1n) is 5.98. The molecule has 1 heterocycles. The molecule has 0 spiro atoms. The molecule has 0 fully saturated rings. The highest BCUT2D eigenvalue weighted by molar-refractivity contribution is 9.10. The van der Waals surface area contributed by atoms with Gasteiger partial charge in [-0.25, -0.2) is 0 Å². The molecule has 0 aliphatic heterocycles. The Hall–Kier alpha value is -1.86. The number of carbonyl (C=O) groups excluding carboxylic acids is 1. The molecule has 0 aliphatic carbocycles. The van der Waals surface area contributed by atoms with Gasteiger partial charge in [0.25, 0.3) is 5.91 Å². The Kier molecular flexibility index (Phi) is 4.75. The van der Waals surface area contributed by atoms with Crippen LogP contribution in [0, 0.1) is 0 Å². The normalized spacial score (nSPS) is 10.5. The minimum absolute atomic E-state index is 0.268. The second kappa shape index (κ2) is 6.53. The highest BCUT2D eigenvalue weighted by atomic mass is 79.9. The van der Waals surface area contributed by atoms with Crippen molar-refractivity contribution in [1.29, 1.82) is 0 Å². The van der Waals surface area contributed by atoms with Crippen LogP contribution in [0.3, 0.4) is 0 Å². The summed E-state index contributed by atoms with van der Waals surface area (Å²) in [5.41, 5.74) is 7.26. The quantitative estimate of drug-likeness (QED) is 0.818. The maximum absolute atomic E-state index is 12.1. The topological polar surface area (TPSA) is 82.2 Å². The van der Waals surface area contributed by atoms with Crippen molar-refractivity contribution in [3.8, 4) is 0 Å². The molecule has 0 radical (unpaired) electrons. The summed E-state index contributed by atoms with van der Waals surface area (Å²) < 4.78 is 7.46. The summed E-state index contributed by atoms with van der Waals surface area (Å²) in [6.07, 6.45) is 3.33. The number of ether oxygens (including phenoxy) is 1. The molecule has 2 rings (SSSR count). The molecular formula is C13H15BrN4O2. The van der Waals surface area contributed by atoms with Crippen molar-refractivity contribution in [2.24, 2.45) is 0 Å². The van der Waals surface area contributed by atoms with Crippen LogP contribution in [-0.4, -0.2) is 29.4 Å². The molecule has 1 amide bonds. The molecule has 0 saturated heterocycles. The Morgan fingerprint density at radius 1 is 1.55 bits per heavy atom. The van der Waals surface area contributed by atoms with E-state index in [1.54, 1.807) is 42.4 Å². The van der Waals surface area contributed by atoms with E-state index in [9.17, 15) is 4.79 Å². The van der Waals surface area contributed by atoms with Crippen LogP contribution in [0.2, 0.25) is 0 Å². The second-order valence-electron chi connectivity index (χ2n) is 4.17. The van der Waals surface area contributed by atoms with Crippen molar-refractivity contribution >= 4 is 33.2 Å². The number of rotatable bonds is 5. The van der Waals surface area contributed by atoms with Crippen molar-refractivity contribution in [3.63, 3.8) is 0 Å². The first-order chi connectivity index (χ1) is 9.60. The van der Waals surface area contributed by atoms with Gasteiger partial charge in [0.15, 0.2) is 0 Å². The fourth-order valence-electron chi connectivity index (χ4n) is 1.66. The fourth-order valence-corrected chi connectivity index (χ4v) is 2.02. The van der Waals surface area contributed by atoms with Gasteiger partial charge in [0.1, 0.15) is 0 Å². The van der Waals surface area contributed by atoms with E-state index < -0.39 is 0 Å². The van der Waals surface area contributed by atoms with E-state index in [1.165, 1.54) is 0 Å². The highest BCUT2D eigenvalue weighted by Crippen LogP contribution is 2.19. The van der Waals surface area contributed by atoms with Gasteiger partial charge in [0.05, 0.1) is 30.6 Å². The van der Waals surface area contributed by atoms with E-state index in [1.807, 2.05) is 0 Å². The lowest BCUT2D eigenvalue weighted by atomic mass is 10.1. The Morgan fingerprint density at radius 3 is 3.10 bits per heavy atom. The van der Waals surface area contributed by atoms with Gasteiger partial charge in [-0.1, -0.05) is 15.9 Å². The molecule has 106 valence electrons. The predicted octanol–water partition coefficient (Wildman–Crippen LogP) is 2.13. The minimum Gasteiger partial charge on any atom is -0.398 e. The van der Waals surface area contributed by atoms with E-state index in [0.717, 1.165) is 4.47 Å². The summed E-state index contributed by atoms with van der Waals surface area (Å²) in [5.74, 6) is -0.268. The van der Waals surface area contributed by atoms with Gasteiger partial charge in [-0.05, 0) is 18.2 Å². The number of hydrogen-bond donors (Lipinski definition) is 2. The van der Waals surface area contributed by atoms with E-state index in [-0.39, 0.29) is 5.91 Å². The van der Waals surface area contributed by atoms with Gasteiger partial charge in [0.2, 0.25) is 0 Å². The molecule has 0 atom stereocenters. The second-order valence-corrected chi connectivity index (χ2v) is 5.09.